The standard InChI is InChI=1S/Ca.Mn.2H2O.2O/h;;2*1H2;;/q;+2;;;;/p-2. The van der Waals surface area contributed by atoms with Crippen LogP contribution in [-0.2, 0) is 21.0 Å². The van der Waals surface area contributed by atoms with Crippen molar-refractivity contribution in [2.24, 2.45) is 0 Å². The maximum atomic E-state index is 8.80. The minimum atomic E-state index is -5.12. The summed E-state index contributed by atoms with van der Waals surface area (Å²) in [7, 11) is 0. The molecule has 35 valence electrons. The summed E-state index contributed by atoms with van der Waals surface area (Å²) in [5.74, 6) is 0. The zero-order valence-corrected chi connectivity index (χ0v) is 6.18. The van der Waals surface area contributed by atoms with E-state index in [1.807, 2.05) is 0 Å². The monoisotopic (exact) mass is 161 g/mol. The summed E-state index contributed by atoms with van der Waals surface area (Å²) >= 11 is -5.12. The summed E-state index contributed by atoms with van der Waals surface area (Å²) in [6, 6.07) is 0. The second kappa shape index (κ2) is 3.32. The average Bonchev–Trinajstić information content (AvgIpc) is 0.722. The minimum absolute atomic E-state index is 0. The summed E-state index contributed by atoms with van der Waals surface area (Å²) in [4.78, 5) is 0. The molecule has 6 heteroatoms. The van der Waals surface area contributed by atoms with Crippen molar-refractivity contribution in [1.29, 1.82) is 0 Å². The van der Waals surface area contributed by atoms with E-state index >= 15 is 0 Å². The summed E-state index contributed by atoms with van der Waals surface area (Å²) in [6.45, 7) is 0. The van der Waals surface area contributed by atoms with Gasteiger partial charge in [0.05, 0.1) is 0 Å². The normalized spacial score (nSPS) is 9.67. The van der Waals surface area contributed by atoms with Gasteiger partial charge in [0.15, 0.2) is 0 Å². The van der Waals surface area contributed by atoms with Gasteiger partial charge in [0.1, 0.15) is 0 Å². The first kappa shape index (κ1) is 10.3. The van der Waals surface area contributed by atoms with Gasteiger partial charge in [-0.15, -0.1) is 0 Å². The summed E-state index contributed by atoms with van der Waals surface area (Å²) in [6.07, 6.45) is 0. The van der Waals surface area contributed by atoms with Crippen molar-refractivity contribution < 1.29 is 29.4 Å². The Morgan fingerprint density at radius 3 is 1.17 bits per heavy atom. The molecule has 2 N–H and O–H groups in total. The molecule has 0 aromatic rings. The van der Waals surface area contributed by atoms with Crippen molar-refractivity contribution in [1.82, 2.24) is 0 Å². The van der Waals surface area contributed by atoms with Gasteiger partial charge in [0.25, 0.3) is 0 Å². The zero-order chi connectivity index (χ0) is 4.50. The van der Waals surface area contributed by atoms with Gasteiger partial charge >= 0.3 is 29.4 Å². The Kier molecular flexibility index (Phi) is 5.71. The van der Waals surface area contributed by atoms with Crippen LogP contribution in [0.3, 0.4) is 0 Å². The molecule has 0 aliphatic rings. The molecule has 0 unspecified atom stereocenters. The molecule has 0 amide bonds. The van der Waals surface area contributed by atoms with E-state index in [0.717, 1.165) is 0 Å². The van der Waals surface area contributed by atoms with Crippen LogP contribution in [-0.4, -0.2) is 46.1 Å². The molecule has 0 aromatic carbocycles. The van der Waals surface area contributed by atoms with Gasteiger partial charge < -0.3 is 0 Å². The predicted octanol–water partition coefficient (Wildman–Crippen LogP) is -1.73. The molecular formula is H2CaMnO4. The van der Waals surface area contributed by atoms with Crippen molar-refractivity contribution in [2.45, 2.75) is 0 Å². The molecule has 0 rings (SSSR count). The third-order valence-corrected chi connectivity index (χ3v) is 0. The van der Waals surface area contributed by atoms with Gasteiger partial charge in [-0.1, -0.05) is 0 Å². The van der Waals surface area contributed by atoms with Crippen LogP contribution < -0.4 is 0 Å². The van der Waals surface area contributed by atoms with Crippen LogP contribution in [0.1, 0.15) is 0 Å². The fourth-order valence-corrected chi connectivity index (χ4v) is 0. The van der Waals surface area contributed by atoms with Gasteiger partial charge in [0.2, 0.25) is 0 Å². The molecule has 0 saturated carbocycles. The molecule has 0 saturated heterocycles. The van der Waals surface area contributed by atoms with Crippen LogP contribution in [0.15, 0.2) is 0 Å². The molecule has 0 spiro atoms. The SMILES string of the molecule is [Ca].[O]=[Mn](=[O])([OH])[OH]. The van der Waals surface area contributed by atoms with Gasteiger partial charge in [-0.3, -0.25) is 0 Å². The van der Waals surface area contributed by atoms with E-state index in [4.69, 9.17) is 16.0 Å². The Hall–Kier alpha value is 1.30. The molecule has 0 bridgehead atoms. The third-order valence-electron chi connectivity index (χ3n) is 0. The summed E-state index contributed by atoms with van der Waals surface area (Å²) in [5.41, 5.74) is 0. The number of rotatable bonds is 0. The molecule has 4 nitrogen and oxygen atoms in total. The van der Waals surface area contributed by atoms with Crippen LogP contribution in [0.5, 0.6) is 0 Å². The van der Waals surface area contributed by atoms with Crippen molar-refractivity contribution >= 4 is 37.7 Å². The second-order valence-electron chi connectivity index (χ2n) is 0.415. The van der Waals surface area contributed by atoms with E-state index in [-0.39, 0.29) is 37.7 Å². The Morgan fingerprint density at radius 2 is 1.17 bits per heavy atom. The number of hydrogen-bond acceptors (Lipinski definition) is 2. The van der Waals surface area contributed by atoms with Crippen molar-refractivity contribution in [3.63, 3.8) is 0 Å². The molecule has 0 aromatic heterocycles. The summed E-state index contributed by atoms with van der Waals surface area (Å²) in [5, 5.41) is 0. The van der Waals surface area contributed by atoms with Crippen molar-refractivity contribution in [2.75, 3.05) is 0 Å². The first-order chi connectivity index (χ1) is 2.00. The van der Waals surface area contributed by atoms with E-state index in [1.165, 1.54) is 0 Å². The van der Waals surface area contributed by atoms with Crippen molar-refractivity contribution in [3.05, 3.63) is 0 Å². The molecule has 2 radical (unpaired) electrons. The van der Waals surface area contributed by atoms with E-state index in [2.05, 4.69) is 0 Å². The van der Waals surface area contributed by atoms with Gasteiger partial charge in [-0.05, 0) is 0 Å². The van der Waals surface area contributed by atoms with Crippen LogP contribution in [0.4, 0.5) is 0 Å². The van der Waals surface area contributed by atoms with Gasteiger partial charge in [-0.2, -0.15) is 0 Å². The molecular weight excluding hydrogens is 159 g/mol. The fourth-order valence-electron chi connectivity index (χ4n) is 0. The zero-order valence-electron chi connectivity index (χ0n) is 2.80. The molecule has 0 heterocycles. The second-order valence-corrected chi connectivity index (χ2v) is 1.71. The van der Waals surface area contributed by atoms with Crippen molar-refractivity contribution in [3.8, 4) is 0 Å². The quantitative estimate of drug-likeness (QED) is 0.414. The topological polar surface area (TPSA) is 74.6 Å². The Bertz CT molecular complexity index is 90.7. The van der Waals surface area contributed by atoms with E-state index in [9.17, 15) is 0 Å². The summed E-state index contributed by atoms with van der Waals surface area (Å²) < 4.78 is 31.8. The molecule has 0 aliphatic carbocycles. The van der Waals surface area contributed by atoms with E-state index in [1.54, 1.807) is 0 Å². The van der Waals surface area contributed by atoms with Crippen LogP contribution in [0.25, 0.3) is 0 Å². The van der Waals surface area contributed by atoms with Crippen LogP contribution in [0.2, 0.25) is 0 Å². The number of hydrogen-bond donors (Lipinski definition) is 2. The third kappa shape index (κ3) is 58.0. The Balaban J connectivity index is 0. The Labute approximate surface area is 66.4 Å². The average molecular weight is 161 g/mol. The maximum absolute atomic E-state index is 8.80. The first-order valence-corrected chi connectivity index (χ1v) is 2.67. The Morgan fingerprint density at radius 1 is 1.17 bits per heavy atom. The van der Waals surface area contributed by atoms with Crippen LogP contribution >= 0.6 is 0 Å². The van der Waals surface area contributed by atoms with E-state index < -0.39 is 13.4 Å². The first-order valence-electron chi connectivity index (χ1n) is 0.647. The molecule has 0 aliphatic heterocycles. The van der Waals surface area contributed by atoms with Gasteiger partial charge in [0, 0.05) is 37.7 Å². The predicted molar refractivity (Wildman–Crippen MR) is 11.6 cm³/mol. The molecule has 0 fully saturated rings. The van der Waals surface area contributed by atoms with E-state index in [0.29, 0.717) is 0 Å². The van der Waals surface area contributed by atoms with Gasteiger partial charge in [-0.25, -0.2) is 0 Å². The molecule has 6 heavy (non-hydrogen) atoms. The van der Waals surface area contributed by atoms with Crippen LogP contribution in [0, 0.1) is 0 Å². The fraction of sp³-hybridized carbons (Fsp3) is 0. The molecule has 0 atom stereocenters.